The van der Waals surface area contributed by atoms with Crippen molar-refractivity contribution in [2.75, 3.05) is 26.2 Å². The lowest BCUT2D eigenvalue weighted by molar-refractivity contribution is -0.126. The van der Waals surface area contributed by atoms with Crippen LogP contribution in [0.4, 0.5) is 0 Å². The molecule has 2 unspecified atom stereocenters. The molecule has 4 heteroatoms. The van der Waals surface area contributed by atoms with E-state index in [4.69, 9.17) is 5.73 Å². The van der Waals surface area contributed by atoms with Crippen molar-refractivity contribution in [1.82, 2.24) is 9.80 Å². The second-order valence-corrected chi connectivity index (χ2v) is 10.8. The molecule has 0 radical (unpaired) electrons. The molecule has 2 atom stereocenters. The summed E-state index contributed by atoms with van der Waals surface area (Å²) in [4.78, 5) is 18.7. The molecule has 1 amide bonds. The fraction of sp³-hybridized carbons (Fsp3) is 0.621. The molecule has 1 heterocycles. The van der Waals surface area contributed by atoms with Gasteiger partial charge in [0.2, 0.25) is 5.91 Å². The average Bonchev–Trinajstić information content (AvgIpc) is 2.77. The van der Waals surface area contributed by atoms with Crippen molar-refractivity contribution in [2.45, 2.75) is 84.7 Å². The van der Waals surface area contributed by atoms with Gasteiger partial charge in [0.15, 0.2) is 0 Å². The van der Waals surface area contributed by atoms with E-state index in [1.54, 1.807) is 0 Å². The van der Waals surface area contributed by atoms with Crippen molar-refractivity contribution >= 4 is 16.7 Å². The van der Waals surface area contributed by atoms with Crippen molar-refractivity contribution in [2.24, 2.45) is 11.7 Å². The third-order valence-electron chi connectivity index (χ3n) is 7.94. The maximum atomic E-state index is 13.6. The number of aryl methyl sites for hydroxylation is 1. The number of amides is 1. The average molecular weight is 452 g/mol. The number of likely N-dealkylation sites (tertiary alicyclic amines) is 1. The molecule has 0 aliphatic carbocycles. The molecule has 0 aromatic heterocycles. The lowest BCUT2D eigenvalue weighted by Gasteiger charge is -2.43. The fourth-order valence-corrected chi connectivity index (χ4v) is 6.18. The summed E-state index contributed by atoms with van der Waals surface area (Å²) >= 11 is 0. The van der Waals surface area contributed by atoms with Gasteiger partial charge in [-0.1, -0.05) is 49.7 Å². The molecule has 2 aromatic carbocycles. The van der Waals surface area contributed by atoms with Crippen LogP contribution in [0.3, 0.4) is 0 Å². The number of primary amides is 1. The van der Waals surface area contributed by atoms with Gasteiger partial charge in [-0.05, 0) is 94.8 Å². The quantitative estimate of drug-likeness (QED) is 0.519. The Kier molecular flexibility index (Phi) is 8.58. The zero-order valence-corrected chi connectivity index (χ0v) is 21.7. The van der Waals surface area contributed by atoms with E-state index in [1.807, 2.05) is 0 Å². The molecule has 33 heavy (non-hydrogen) atoms. The van der Waals surface area contributed by atoms with Crippen molar-refractivity contribution < 1.29 is 4.79 Å². The van der Waals surface area contributed by atoms with Crippen LogP contribution in [-0.4, -0.2) is 54.0 Å². The zero-order valence-electron chi connectivity index (χ0n) is 21.7. The fourth-order valence-electron chi connectivity index (χ4n) is 6.18. The highest BCUT2D eigenvalue weighted by Gasteiger charge is 2.46. The first-order chi connectivity index (χ1) is 15.7. The van der Waals surface area contributed by atoms with Crippen LogP contribution < -0.4 is 5.73 Å². The highest BCUT2D eigenvalue weighted by Crippen LogP contribution is 2.42. The number of benzene rings is 2. The van der Waals surface area contributed by atoms with Crippen molar-refractivity contribution in [3.8, 4) is 0 Å². The molecule has 3 rings (SSSR count). The zero-order chi connectivity index (χ0) is 24.2. The minimum absolute atomic E-state index is 0.124. The maximum absolute atomic E-state index is 13.6. The summed E-state index contributed by atoms with van der Waals surface area (Å²) in [6, 6.07) is 13.7. The molecule has 1 aliphatic rings. The van der Waals surface area contributed by atoms with E-state index in [9.17, 15) is 4.79 Å². The van der Waals surface area contributed by atoms with Crippen LogP contribution in [0.5, 0.6) is 0 Å². The Morgan fingerprint density at radius 2 is 1.64 bits per heavy atom. The second-order valence-electron chi connectivity index (χ2n) is 10.8. The number of hydrogen-bond acceptors (Lipinski definition) is 3. The summed E-state index contributed by atoms with van der Waals surface area (Å²) in [5.74, 6) is -0.0577. The molecule has 0 saturated carbocycles. The van der Waals surface area contributed by atoms with Gasteiger partial charge in [-0.15, -0.1) is 0 Å². The van der Waals surface area contributed by atoms with Crippen LogP contribution in [0.2, 0.25) is 0 Å². The van der Waals surface area contributed by atoms with Gasteiger partial charge < -0.3 is 10.6 Å². The Balaban J connectivity index is 2.13. The minimum Gasteiger partial charge on any atom is -0.369 e. The normalized spacial score (nSPS) is 18.2. The Bertz CT molecular complexity index is 924. The number of nitrogens with two attached hydrogens (primary N) is 1. The van der Waals surface area contributed by atoms with Gasteiger partial charge in [0.1, 0.15) is 0 Å². The Morgan fingerprint density at radius 3 is 2.24 bits per heavy atom. The molecule has 0 spiro atoms. The Hall–Kier alpha value is -1.91. The molecule has 2 N–H and O–H groups in total. The predicted octanol–water partition coefficient (Wildman–Crippen LogP) is 5.50. The number of rotatable bonds is 10. The predicted molar refractivity (Wildman–Crippen MR) is 141 cm³/mol. The molecule has 2 aromatic rings. The number of carbonyl (C=O) groups is 1. The van der Waals surface area contributed by atoms with Crippen LogP contribution in [0.25, 0.3) is 10.8 Å². The number of hydrogen-bond donors (Lipinski definition) is 1. The first kappa shape index (κ1) is 25.7. The van der Waals surface area contributed by atoms with E-state index in [0.29, 0.717) is 12.1 Å². The lowest BCUT2D eigenvalue weighted by Crippen LogP contribution is -2.53. The van der Waals surface area contributed by atoms with Gasteiger partial charge in [-0.2, -0.15) is 0 Å². The van der Waals surface area contributed by atoms with Crippen molar-refractivity contribution in [3.63, 3.8) is 0 Å². The smallest absolute Gasteiger partial charge is 0.228 e. The van der Waals surface area contributed by atoms with E-state index in [-0.39, 0.29) is 11.8 Å². The summed E-state index contributed by atoms with van der Waals surface area (Å²) in [7, 11) is 0. The van der Waals surface area contributed by atoms with E-state index in [0.717, 1.165) is 38.2 Å². The van der Waals surface area contributed by atoms with E-state index < -0.39 is 5.41 Å². The van der Waals surface area contributed by atoms with Crippen molar-refractivity contribution in [3.05, 3.63) is 47.5 Å². The molecule has 1 aliphatic heterocycles. The third-order valence-corrected chi connectivity index (χ3v) is 7.94. The second kappa shape index (κ2) is 11.0. The highest BCUT2D eigenvalue weighted by molar-refractivity contribution is 5.96. The summed E-state index contributed by atoms with van der Waals surface area (Å²) in [6.45, 7) is 17.4. The minimum atomic E-state index is -0.718. The molecule has 1 saturated heterocycles. The first-order valence-corrected chi connectivity index (χ1v) is 12.9. The third kappa shape index (κ3) is 5.44. The van der Waals surface area contributed by atoms with Gasteiger partial charge >= 0.3 is 0 Å². The number of carbonyl (C=O) groups excluding carboxylic acids is 1. The van der Waals surface area contributed by atoms with Gasteiger partial charge in [-0.3, -0.25) is 9.69 Å². The SMILES string of the molecule is Cc1ccc2ccccc2c1C(CCN(C(C)C)C(C)C)(C(N)=O)C(C)CN1CCCCC1. The van der Waals surface area contributed by atoms with Crippen LogP contribution in [0.15, 0.2) is 36.4 Å². The summed E-state index contributed by atoms with van der Waals surface area (Å²) < 4.78 is 0. The van der Waals surface area contributed by atoms with Crippen LogP contribution in [-0.2, 0) is 10.2 Å². The van der Waals surface area contributed by atoms with Crippen LogP contribution in [0, 0.1) is 12.8 Å². The van der Waals surface area contributed by atoms with E-state index >= 15 is 0 Å². The summed E-state index contributed by atoms with van der Waals surface area (Å²) in [5.41, 5.74) is 8.02. The van der Waals surface area contributed by atoms with Crippen LogP contribution in [0.1, 0.15) is 71.4 Å². The molecular formula is C29H45N3O. The van der Waals surface area contributed by atoms with Gasteiger partial charge in [0.25, 0.3) is 0 Å². The molecule has 1 fully saturated rings. The molecule has 182 valence electrons. The Morgan fingerprint density at radius 1 is 1.00 bits per heavy atom. The highest BCUT2D eigenvalue weighted by atomic mass is 16.1. The largest absolute Gasteiger partial charge is 0.369 e. The first-order valence-electron chi connectivity index (χ1n) is 12.9. The summed E-state index contributed by atoms with van der Waals surface area (Å²) in [6.07, 6.45) is 4.55. The monoisotopic (exact) mass is 451 g/mol. The standard InChI is InChI=1S/C29H45N3O/c1-21(2)32(22(3)4)19-16-29(28(30)33,24(6)20-31-17-10-7-11-18-31)27-23(5)14-15-25-12-8-9-13-26(25)27/h8-9,12-15,21-22,24H,7,10-11,16-20H2,1-6H3,(H2,30,33). The lowest BCUT2D eigenvalue weighted by atomic mass is 9.65. The van der Waals surface area contributed by atoms with Gasteiger partial charge in [-0.25, -0.2) is 0 Å². The van der Waals surface area contributed by atoms with Crippen molar-refractivity contribution in [1.29, 1.82) is 0 Å². The maximum Gasteiger partial charge on any atom is 0.228 e. The number of piperidine rings is 1. The molecular weight excluding hydrogens is 406 g/mol. The number of nitrogens with zero attached hydrogens (tertiary/aromatic N) is 2. The van der Waals surface area contributed by atoms with Gasteiger partial charge in [0.05, 0.1) is 5.41 Å². The van der Waals surface area contributed by atoms with E-state index in [2.05, 4.69) is 87.7 Å². The van der Waals surface area contributed by atoms with Gasteiger partial charge in [0, 0.05) is 25.2 Å². The topological polar surface area (TPSA) is 49.6 Å². The molecule has 4 nitrogen and oxygen atoms in total. The summed E-state index contributed by atoms with van der Waals surface area (Å²) in [5, 5.41) is 2.35. The number of fused-ring (bicyclic) bond motifs is 1. The Labute approximate surface area is 201 Å². The van der Waals surface area contributed by atoms with E-state index in [1.165, 1.54) is 35.6 Å². The van der Waals surface area contributed by atoms with Crippen LogP contribution >= 0.6 is 0 Å². The molecule has 0 bridgehead atoms.